The number of amides is 1. The summed E-state index contributed by atoms with van der Waals surface area (Å²) in [6, 6.07) is 3.45. The van der Waals surface area contributed by atoms with Crippen LogP contribution in [0.1, 0.15) is 6.42 Å². The maximum absolute atomic E-state index is 11.5. The van der Waals surface area contributed by atoms with Gasteiger partial charge >= 0.3 is 0 Å². The summed E-state index contributed by atoms with van der Waals surface area (Å²) in [7, 11) is 1.81. The van der Waals surface area contributed by atoms with Gasteiger partial charge in [-0.05, 0) is 18.6 Å². The second-order valence-electron chi connectivity index (χ2n) is 3.35. The summed E-state index contributed by atoms with van der Waals surface area (Å²) in [6.45, 7) is 0.802. The Kier molecular flexibility index (Phi) is 2.30. The van der Waals surface area contributed by atoms with Crippen molar-refractivity contribution in [3.05, 3.63) is 18.3 Å². The first kappa shape index (κ1) is 8.93. The van der Waals surface area contributed by atoms with Crippen LogP contribution in [-0.4, -0.2) is 40.6 Å². The van der Waals surface area contributed by atoms with Crippen molar-refractivity contribution < 1.29 is 4.79 Å². The van der Waals surface area contributed by atoms with Gasteiger partial charge in [0.2, 0.25) is 5.91 Å². The second kappa shape index (κ2) is 3.61. The van der Waals surface area contributed by atoms with Gasteiger partial charge in [-0.15, -0.1) is 5.10 Å². The van der Waals surface area contributed by atoms with Crippen LogP contribution >= 0.6 is 0 Å². The average molecular weight is 192 g/mol. The van der Waals surface area contributed by atoms with Crippen molar-refractivity contribution in [3.8, 4) is 0 Å². The number of carbonyl (C=O) groups is 1. The van der Waals surface area contributed by atoms with E-state index < -0.39 is 0 Å². The monoisotopic (exact) mass is 192 g/mol. The molecule has 74 valence electrons. The smallest absolute Gasteiger partial charge is 0.244 e. The second-order valence-corrected chi connectivity index (χ2v) is 3.35. The first-order valence-electron chi connectivity index (χ1n) is 4.56. The van der Waals surface area contributed by atoms with E-state index in [-0.39, 0.29) is 11.9 Å². The standard InChI is InChI=1S/C9H12N4O/c1-13-6-4-7(9(13)14)11-8-3-2-5-10-12-8/h2-3,5,7H,4,6H2,1H3,(H,11,12). The maximum Gasteiger partial charge on any atom is 0.244 e. The Hall–Kier alpha value is -1.65. The quantitative estimate of drug-likeness (QED) is 0.723. The van der Waals surface area contributed by atoms with Crippen LogP contribution in [0.4, 0.5) is 5.82 Å². The number of hydrogen-bond acceptors (Lipinski definition) is 4. The maximum atomic E-state index is 11.5. The van der Waals surface area contributed by atoms with Crippen LogP contribution < -0.4 is 5.32 Å². The first-order chi connectivity index (χ1) is 6.77. The van der Waals surface area contributed by atoms with Crippen LogP contribution in [0.5, 0.6) is 0 Å². The first-order valence-corrected chi connectivity index (χ1v) is 4.56. The molecule has 2 rings (SSSR count). The molecule has 1 atom stereocenters. The van der Waals surface area contributed by atoms with Gasteiger partial charge in [0, 0.05) is 19.8 Å². The van der Waals surface area contributed by atoms with Crippen LogP contribution in [0.2, 0.25) is 0 Å². The predicted molar refractivity (Wildman–Crippen MR) is 51.7 cm³/mol. The SMILES string of the molecule is CN1CCC(Nc2cccnn2)C1=O. The molecule has 1 amide bonds. The summed E-state index contributed by atoms with van der Waals surface area (Å²) in [5.41, 5.74) is 0. The summed E-state index contributed by atoms with van der Waals surface area (Å²) in [5, 5.41) is 10.7. The highest BCUT2D eigenvalue weighted by molar-refractivity contribution is 5.86. The molecule has 1 aliphatic rings. The number of hydrogen-bond donors (Lipinski definition) is 1. The number of anilines is 1. The van der Waals surface area contributed by atoms with E-state index in [1.54, 1.807) is 30.3 Å². The average Bonchev–Trinajstić information content (AvgIpc) is 2.52. The molecule has 1 aliphatic heterocycles. The molecule has 2 heterocycles. The molecule has 1 fully saturated rings. The Morgan fingerprint density at radius 1 is 1.64 bits per heavy atom. The van der Waals surface area contributed by atoms with E-state index in [2.05, 4.69) is 15.5 Å². The van der Waals surface area contributed by atoms with Crippen LogP contribution in [0.25, 0.3) is 0 Å². The van der Waals surface area contributed by atoms with Crippen molar-refractivity contribution in [2.45, 2.75) is 12.5 Å². The van der Waals surface area contributed by atoms with E-state index >= 15 is 0 Å². The van der Waals surface area contributed by atoms with E-state index in [0.29, 0.717) is 5.82 Å². The fourth-order valence-corrected chi connectivity index (χ4v) is 1.51. The van der Waals surface area contributed by atoms with Crippen LogP contribution in [0.3, 0.4) is 0 Å². The molecule has 0 bridgehead atoms. The van der Waals surface area contributed by atoms with Gasteiger partial charge in [0.25, 0.3) is 0 Å². The highest BCUT2D eigenvalue weighted by atomic mass is 16.2. The fourth-order valence-electron chi connectivity index (χ4n) is 1.51. The fraction of sp³-hybridized carbons (Fsp3) is 0.444. The molecule has 0 spiro atoms. The predicted octanol–water partition coefficient (Wildman–Crippen LogP) is 0.119. The molecular weight excluding hydrogens is 180 g/mol. The lowest BCUT2D eigenvalue weighted by molar-refractivity contribution is -0.127. The summed E-state index contributed by atoms with van der Waals surface area (Å²) in [4.78, 5) is 13.2. The Balaban J connectivity index is 2.02. The zero-order valence-electron chi connectivity index (χ0n) is 7.97. The molecule has 0 radical (unpaired) electrons. The van der Waals surface area contributed by atoms with Gasteiger partial charge in [-0.25, -0.2) is 0 Å². The normalized spacial score (nSPS) is 21.4. The third-order valence-corrected chi connectivity index (χ3v) is 2.32. The van der Waals surface area contributed by atoms with Crippen LogP contribution in [-0.2, 0) is 4.79 Å². The number of rotatable bonds is 2. The van der Waals surface area contributed by atoms with Crippen molar-refractivity contribution >= 4 is 11.7 Å². The number of aromatic nitrogens is 2. The molecule has 1 aromatic rings. The van der Waals surface area contributed by atoms with E-state index in [9.17, 15) is 4.79 Å². The zero-order valence-corrected chi connectivity index (χ0v) is 7.97. The lowest BCUT2D eigenvalue weighted by atomic mass is 10.2. The lowest BCUT2D eigenvalue weighted by Crippen LogP contribution is -2.31. The van der Waals surface area contributed by atoms with Gasteiger partial charge in [-0.2, -0.15) is 5.10 Å². The van der Waals surface area contributed by atoms with Gasteiger partial charge in [-0.3, -0.25) is 4.79 Å². The molecule has 1 aromatic heterocycles. The highest BCUT2D eigenvalue weighted by Gasteiger charge is 2.28. The van der Waals surface area contributed by atoms with E-state index in [0.717, 1.165) is 13.0 Å². The molecule has 14 heavy (non-hydrogen) atoms. The molecule has 1 saturated heterocycles. The molecule has 0 aliphatic carbocycles. The summed E-state index contributed by atoms with van der Waals surface area (Å²) in [5.74, 6) is 0.775. The zero-order chi connectivity index (χ0) is 9.97. The van der Waals surface area contributed by atoms with Gasteiger partial charge in [0.1, 0.15) is 11.9 Å². The number of nitrogens with one attached hydrogen (secondary N) is 1. The van der Waals surface area contributed by atoms with Crippen LogP contribution in [0, 0.1) is 0 Å². The Bertz CT molecular complexity index is 327. The lowest BCUT2D eigenvalue weighted by Gasteiger charge is -2.11. The number of likely N-dealkylation sites (N-methyl/N-ethyl adjacent to an activating group) is 1. The minimum atomic E-state index is -0.142. The van der Waals surface area contributed by atoms with Crippen molar-refractivity contribution in [2.75, 3.05) is 18.9 Å². The molecule has 5 nitrogen and oxygen atoms in total. The topological polar surface area (TPSA) is 58.1 Å². The van der Waals surface area contributed by atoms with E-state index in [1.165, 1.54) is 0 Å². The Morgan fingerprint density at radius 3 is 3.07 bits per heavy atom. The van der Waals surface area contributed by atoms with Crippen molar-refractivity contribution in [2.24, 2.45) is 0 Å². The van der Waals surface area contributed by atoms with Gasteiger partial charge in [-0.1, -0.05) is 0 Å². The summed E-state index contributed by atoms with van der Waals surface area (Å²) >= 11 is 0. The van der Waals surface area contributed by atoms with E-state index in [1.807, 2.05) is 0 Å². The van der Waals surface area contributed by atoms with Gasteiger partial charge in [0.05, 0.1) is 0 Å². The minimum Gasteiger partial charge on any atom is -0.357 e. The van der Waals surface area contributed by atoms with Gasteiger partial charge in [0.15, 0.2) is 0 Å². The van der Waals surface area contributed by atoms with Crippen molar-refractivity contribution in [1.82, 2.24) is 15.1 Å². The molecule has 1 unspecified atom stereocenters. The van der Waals surface area contributed by atoms with Crippen molar-refractivity contribution in [1.29, 1.82) is 0 Å². The van der Waals surface area contributed by atoms with E-state index in [4.69, 9.17) is 0 Å². The highest BCUT2D eigenvalue weighted by Crippen LogP contribution is 2.13. The number of likely N-dealkylation sites (tertiary alicyclic amines) is 1. The van der Waals surface area contributed by atoms with Crippen molar-refractivity contribution in [3.63, 3.8) is 0 Å². The molecule has 0 saturated carbocycles. The largest absolute Gasteiger partial charge is 0.357 e. The van der Waals surface area contributed by atoms with Gasteiger partial charge < -0.3 is 10.2 Å². The third kappa shape index (κ3) is 1.66. The number of nitrogens with zero attached hydrogens (tertiary/aromatic N) is 3. The molecule has 0 aromatic carbocycles. The Labute approximate surface area is 82.1 Å². The minimum absolute atomic E-state index is 0.121. The molecule has 1 N–H and O–H groups in total. The summed E-state index contributed by atoms with van der Waals surface area (Å²) < 4.78 is 0. The molecular formula is C9H12N4O. The van der Waals surface area contributed by atoms with Crippen LogP contribution in [0.15, 0.2) is 18.3 Å². The third-order valence-electron chi connectivity index (χ3n) is 2.32. The molecule has 5 heteroatoms. The Morgan fingerprint density at radius 2 is 2.50 bits per heavy atom. The number of carbonyl (C=O) groups excluding carboxylic acids is 1. The summed E-state index contributed by atoms with van der Waals surface area (Å²) in [6.07, 6.45) is 2.43.